The van der Waals surface area contributed by atoms with E-state index in [4.69, 9.17) is 9.47 Å². The van der Waals surface area contributed by atoms with E-state index in [2.05, 4.69) is 22.1 Å². The van der Waals surface area contributed by atoms with Crippen molar-refractivity contribution in [2.75, 3.05) is 18.2 Å². The molecule has 2 aromatic heterocycles. The van der Waals surface area contributed by atoms with Crippen molar-refractivity contribution in [1.82, 2.24) is 14.8 Å². The lowest BCUT2D eigenvalue weighted by Gasteiger charge is -2.18. The first-order valence-corrected chi connectivity index (χ1v) is 14.6. The third kappa shape index (κ3) is 6.13. The topological polar surface area (TPSA) is 95.3 Å². The Morgan fingerprint density at radius 2 is 2.03 bits per heavy atom. The summed E-state index contributed by atoms with van der Waals surface area (Å²) in [7, 11) is 1.37. The normalized spacial score (nSPS) is 13.8. The monoisotopic (exact) mass is 554 g/mol. The summed E-state index contributed by atoms with van der Waals surface area (Å²) in [5, 5.41) is 12.8. The predicted octanol–water partition coefficient (Wildman–Crippen LogP) is 6.07. The highest BCUT2D eigenvalue weighted by molar-refractivity contribution is 7.99. The lowest BCUT2D eigenvalue weighted by atomic mass is 10.1. The molecule has 0 saturated carbocycles. The smallest absolute Gasteiger partial charge is 0.341 e. The van der Waals surface area contributed by atoms with Crippen LogP contribution < -0.4 is 10.1 Å². The molecular weight excluding hydrogens is 520 g/mol. The third-order valence-electron chi connectivity index (χ3n) is 6.68. The number of hydrogen-bond acceptors (Lipinski definition) is 8. The number of allylic oxidation sites excluding steroid dienone is 1. The number of nitrogens with one attached hydrogen (secondary N) is 1. The van der Waals surface area contributed by atoms with Crippen molar-refractivity contribution in [3.05, 3.63) is 63.8 Å². The van der Waals surface area contributed by atoms with E-state index < -0.39 is 5.97 Å². The average Bonchev–Trinajstić information content (AvgIpc) is 3.37. The highest BCUT2D eigenvalue weighted by Gasteiger charge is 2.27. The molecule has 8 nitrogen and oxygen atoms in total. The molecule has 1 N–H and O–H groups in total. The van der Waals surface area contributed by atoms with Crippen molar-refractivity contribution in [2.24, 2.45) is 0 Å². The van der Waals surface area contributed by atoms with Crippen molar-refractivity contribution in [3.63, 3.8) is 0 Å². The highest BCUT2D eigenvalue weighted by atomic mass is 32.2. The summed E-state index contributed by atoms with van der Waals surface area (Å²) < 4.78 is 13.2. The number of aromatic nitrogens is 3. The van der Waals surface area contributed by atoms with Gasteiger partial charge in [-0.05, 0) is 69.2 Å². The number of esters is 1. The van der Waals surface area contributed by atoms with Gasteiger partial charge in [0.1, 0.15) is 10.8 Å². The Bertz CT molecular complexity index is 1330. The standard InChI is InChI=1S/C28H34N4O4S2/c1-6-15-32-25(19(4)36-21-13-10-11-17(2)18(21)3)30-31-28(32)37-16-23(33)29-26-24(27(34)35-5)20-12-8-7-9-14-22(20)38-26/h6,10-11,13,19H,1,7-9,12,14-16H2,2-5H3,(H,29,33). The molecule has 38 heavy (non-hydrogen) atoms. The van der Waals surface area contributed by atoms with Crippen molar-refractivity contribution >= 4 is 40.0 Å². The number of anilines is 1. The number of fused-ring (bicyclic) bond motifs is 1. The van der Waals surface area contributed by atoms with E-state index >= 15 is 0 Å². The number of thiophene rings is 1. The van der Waals surface area contributed by atoms with E-state index in [9.17, 15) is 9.59 Å². The molecule has 202 valence electrons. The predicted molar refractivity (Wildman–Crippen MR) is 151 cm³/mol. The van der Waals surface area contributed by atoms with Crippen LogP contribution in [-0.2, 0) is 28.9 Å². The largest absolute Gasteiger partial charge is 0.482 e. The second-order valence-corrected chi connectivity index (χ2v) is 11.3. The molecule has 0 aliphatic heterocycles. The van der Waals surface area contributed by atoms with E-state index in [1.165, 1.54) is 35.1 Å². The Morgan fingerprint density at radius 3 is 2.79 bits per heavy atom. The fraction of sp³-hybridized carbons (Fsp3) is 0.429. The Kier molecular flexibility index (Phi) is 9.27. The first-order chi connectivity index (χ1) is 18.3. The van der Waals surface area contributed by atoms with Gasteiger partial charge in [-0.25, -0.2) is 4.79 Å². The molecule has 1 atom stereocenters. The average molecular weight is 555 g/mol. The maximum Gasteiger partial charge on any atom is 0.341 e. The number of carbonyl (C=O) groups is 2. The Morgan fingerprint density at radius 1 is 1.24 bits per heavy atom. The second-order valence-electron chi connectivity index (χ2n) is 9.30. The SMILES string of the molecule is C=CCn1c(SCC(=O)Nc2sc3c(c2C(=O)OC)CCCCC3)nnc1C(C)Oc1cccc(C)c1C. The number of benzene rings is 1. The van der Waals surface area contributed by atoms with Gasteiger partial charge in [0.25, 0.3) is 0 Å². The Balaban J connectivity index is 1.47. The van der Waals surface area contributed by atoms with E-state index in [0.717, 1.165) is 54.5 Å². The van der Waals surface area contributed by atoms with Crippen LogP contribution in [0.15, 0.2) is 36.0 Å². The zero-order chi connectivity index (χ0) is 27.2. The van der Waals surface area contributed by atoms with Gasteiger partial charge in [-0.1, -0.05) is 36.4 Å². The minimum atomic E-state index is -0.402. The van der Waals surface area contributed by atoms with E-state index in [0.29, 0.717) is 28.1 Å². The first kappa shape index (κ1) is 27.9. The maximum atomic E-state index is 13.0. The number of hydrogen-bond donors (Lipinski definition) is 1. The molecule has 10 heteroatoms. The number of carbonyl (C=O) groups excluding carboxylic acids is 2. The van der Waals surface area contributed by atoms with Crippen molar-refractivity contribution in [1.29, 1.82) is 0 Å². The number of ether oxygens (including phenoxy) is 2. The summed E-state index contributed by atoms with van der Waals surface area (Å²) in [6, 6.07) is 5.96. The fourth-order valence-corrected chi connectivity index (χ4v) is 6.59. The Hall–Kier alpha value is -3.11. The van der Waals surface area contributed by atoms with Crippen LogP contribution in [0, 0.1) is 13.8 Å². The molecule has 4 rings (SSSR count). The van der Waals surface area contributed by atoms with Gasteiger partial charge in [-0.2, -0.15) is 0 Å². The van der Waals surface area contributed by atoms with Gasteiger partial charge in [0, 0.05) is 11.4 Å². The van der Waals surface area contributed by atoms with Crippen molar-refractivity contribution < 1.29 is 19.1 Å². The molecule has 2 heterocycles. The van der Waals surface area contributed by atoms with Gasteiger partial charge < -0.3 is 14.8 Å². The molecule has 1 aliphatic carbocycles. The van der Waals surface area contributed by atoms with Gasteiger partial charge in [0.05, 0.1) is 18.4 Å². The van der Waals surface area contributed by atoms with Gasteiger partial charge >= 0.3 is 5.97 Å². The first-order valence-electron chi connectivity index (χ1n) is 12.8. The second kappa shape index (κ2) is 12.6. The Labute approximate surface area is 231 Å². The number of amides is 1. The molecule has 0 radical (unpaired) electrons. The molecular formula is C28H34N4O4S2. The van der Waals surface area contributed by atoms with Gasteiger partial charge in [-0.15, -0.1) is 28.1 Å². The summed E-state index contributed by atoms with van der Waals surface area (Å²) >= 11 is 2.77. The lowest BCUT2D eigenvalue weighted by molar-refractivity contribution is -0.113. The molecule has 0 bridgehead atoms. The quantitative estimate of drug-likeness (QED) is 0.141. The summed E-state index contributed by atoms with van der Waals surface area (Å²) in [4.78, 5) is 26.7. The van der Waals surface area contributed by atoms with Crippen LogP contribution in [0.1, 0.15) is 70.0 Å². The van der Waals surface area contributed by atoms with Crippen LogP contribution in [0.2, 0.25) is 0 Å². The van der Waals surface area contributed by atoms with Gasteiger partial charge in [0.2, 0.25) is 5.91 Å². The van der Waals surface area contributed by atoms with Crippen LogP contribution in [-0.4, -0.2) is 39.5 Å². The third-order valence-corrected chi connectivity index (χ3v) is 8.85. The van der Waals surface area contributed by atoms with Crippen LogP contribution in [0.3, 0.4) is 0 Å². The van der Waals surface area contributed by atoms with E-state index in [1.807, 2.05) is 43.5 Å². The number of thioether (sulfide) groups is 1. The summed E-state index contributed by atoms with van der Waals surface area (Å²) in [5.74, 6) is 0.954. The summed E-state index contributed by atoms with van der Waals surface area (Å²) in [6.07, 6.45) is 6.43. The zero-order valence-electron chi connectivity index (χ0n) is 22.3. The highest BCUT2D eigenvalue weighted by Crippen LogP contribution is 2.38. The molecule has 1 aromatic carbocycles. The van der Waals surface area contributed by atoms with E-state index in [1.54, 1.807) is 6.08 Å². The van der Waals surface area contributed by atoms with Crippen molar-refractivity contribution in [3.8, 4) is 5.75 Å². The number of rotatable bonds is 10. The lowest BCUT2D eigenvalue weighted by Crippen LogP contribution is -2.17. The zero-order valence-corrected chi connectivity index (χ0v) is 24.0. The minimum Gasteiger partial charge on any atom is -0.482 e. The van der Waals surface area contributed by atoms with Crippen LogP contribution in [0.5, 0.6) is 5.75 Å². The summed E-state index contributed by atoms with van der Waals surface area (Å²) in [6.45, 7) is 10.4. The molecule has 1 unspecified atom stereocenters. The van der Waals surface area contributed by atoms with Crippen LogP contribution >= 0.6 is 23.1 Å². The van der Waals surface area contributed by atoms with Gasteiger partial charge in [0.15, 0.2) is 17.1 Å². The van der Waals surface area contributed by atoms with Crippen LogP contribution in [0.4, 0.5) is 5.00 Å². The summed E-state index contributed by atoms with van der Waals surface area (Å²) in [5.41, 5.74) is 3.76. The number of aryl methyl sites for hydroxylation is 2. The van der Waals surface area contributed by atoms with Crippen molar-refractivity contribution in [2.45, 2.75) is 70.7 Å². The molecule has 1 aliphatic rings. The fourth-order valence-electron chi connectivity index (χ4n) is 4.54. The van der Waals surface area contributed by atoms with Gasteiger partial charge in [-0.3, -0.25) is 9.36 Å². The van der Waals surface area contributed by atoms with E-state index in [-0.39, 0.29) is 17.8 Å². The molecule has 0 spiro atoms. The maximum absolute atomic E-state index is 13.0. The molecule has 1 amide bonds. The molecule has 0 saturated heterocycles. The number of methoxy groups -OCH3 is 1. The minimum absolute atomic E-state index is 0.116. The molecule has 0 fully saturated rings. The molecule has 3 aromatic rings. The number of nitrogens with zero attached hydrogens (tertiary/aromatic N) is 3. The van der Waals surface area contributed by atoms with Crippen LogP contribution in [0.25, 0.3) is 0 Å².